The van der Waals surface area contributed by atoms with E-state index in [0.29, 0.717) is 6.04 Å². The van der Waals surface area contributed by atoms with Crippen LogP contribution in [0, 0.1) is 5.41 Å². The Morgan fingerprint density at radius 3 is 2.83 bits per heavy atom. The fraction of sp³-hybridized carbons (Fsp3) is 0.556. The number of carbonyl (C=O) groups excluding carboxylic acids is 1. The standard InChI is InChI=1S/C18H24N4O2/c1-13(2)22-11-15(10-20-22)16-18(4-7-24-8-5-18)12-21(16)17(23)14-3-6-19-9-14/h3,6,9-11,13,16,19H,4-5,7-8,12H2,1-2H3. The van der Waals surface area contributed by atoms with E-state index < -0.39 is 0 Å². The van der Waals surface area contributed by atoms with E-state index in [-0.39, 0.29) is 17.4 Å². The Labute approximate surface area is 141 Å². The first-order valence-corrected chi connectivity index (χ1v) is 8.66. The summed E-state index contributed by atoms with van der Waals surface area (Å²) in [4.78, 5) is 17.9. The van der Waals surface area contributed by atoms with E-state index in [1.807, 2.05) is 21.8 Å². The molecular formula is C18H24N4O2. The van der Waals surface area contributed by atoms with Gasteiger partial charge in [-0.15, -0.1) is 0 Å². The SMILES string of the molecule is CC(C)n1cc(C2N(C(=O)c3cc[nH]c3)CC23CCOCC3)cn1. The maximum absolute atomic E-state index is 12.9. The molecule has 1 N–H and O–H groups in total. The van der Waals surface area contributed by atoms with Crippen LogP contribution in [0.2, 0.25) is 0 Å². The van der Waals surface area contributed by atoms with Crippen LogP contribution in [-0.4, -0.2) is 45.3 Å². The van der Waals surface area contributed by atoms with Crippen LogP contribution in [0.3, 0.4) is 0 Å². The van der Waals surface area contributed by atoms with Crippen molar-refractivity contribution >= 4 is 5.91 Å². The normalized spacial score (nSPS) is 22.8. The summed E-state index contributed by atoms with van der Waals surface area (Å²) in [5.41, 5.74) is 1.99. The number of carbonyl (C=O) groups is 1. The first-order chi connectivity index (χ1) is 11.6. The monoisotopic (exact) mass is 328 g/mol. The molecule has 128 valence electrons. The molecule has 1 amide bonds. The van der Waals surface area contributed by atoms with Crippen molar-refractivity contribution in [3.8, 4) is 0 Å². The van der Waals surface area contributed by atoms with Gasteiger partial charge in [-0.3, -0.25) is 9.48 Å². The number of nitrogens with one attached hydrogen (secondary N) is 1. The first-order valence-electron chi connectivity index (χ1n) is 8.66. The van der Waals surface area contributed by atoms with Gasteiger partial charge in [-0.25, -0.2) is 0 Å². The summed E-state index contributed by atoms with van der Waals surface area (Å²) < 4.78 is 7.54. The van der Waals surface area contributed by atoms with Crippen molar-refractivity contribution in [2.24, 2.45) is 5.41 Å². The van der Waals surface area contributed by atoms with Crippen molar-refractivity contribution < 1.29 is 9.53 Å². The predicted octanol–water partition coefficient (Wildman–Crippen LogP) is 2.79. The van der Waals surface area contributed by atoms with Gasteiger partial charge in [0.2, 0.25) is 0 Å². The van der Waals surface area contributed by atoms with Gasteiger partial charge in [0.25, 0.3) is 5.91 Å². The van der Waals surface area contributed by atoms with Gasteiger partial charge >= 0.3 is 0 Å². The number of hydrogen-bond acceptors (Lipinski definition) is 3. The predicted molar refractivity (Wildman–Crippen MR) is 89.7 cm³/mol. The fourth-order valence-electron chi connectivity index (χ4n) is 4.07. The second-order valence-electron chi connectivity index (χ2n) is 7.26. The third-order valence-corrected chi connectivity index (χ3v) is 5.44. The number of ether oxygens (including phenoxy) is 1. The minimum atomic E-state index is 0.0932. The van der Waals surface area contributed by atoms with Crippen molar-refractivity contribution in [3.05, 3.63) is 42.0 Å². The van der Waals surface area contributed by atoms with Gasteiger partial charge in [-0.05, 0) is 32.8 Å². The number of H-pyrrole nitrogens is 1. The van der Waals surface area contributed by atoms with Crippen LogP contribution in [0.15, 0.2) is 30.9 Å². The largest absolute Gasteiger partial charge is 0.381 e. The van der Waals surface area contributed by atoms with Crippen LogP contribution in [0.1, 0.15) is 54.7 Å². The Bertz CT molecular complexity index is 713. The smallest absolute Gasteiger partial charge is 0.255 e. The highest BCUT2D eigenvalue weighted by Gasteiger charge is 2.55. The summed E-state index contributed by atoms with van der Waals surface area (Å²) in [5, 5.41) is 4.49. The molecule has 0 bridgehead atoms. The maximum atomic E-state index is 12.9. The average Bonchev–Trinajstić information content (AvgIpc) is 3.25. The summed E-state index contributed by atoms with van der Waals surface area (Å²) in [6, 6.07) is 2.25. The molecule has 1 atom stereocenters. The molecule has 0 aromatic carbocycles. The van der Waals surface area contributed by atoms with Crippen LogP contribution in [0.5, 0.6) is 0 Å². The lowest BCUT2D eigenvalue weighted by Crippen LogP contribution is -2.62. The van der Waals surface area contributed by atoms with E-state index >= 15 is 0 Å². The summed E-state index contributed by atoms with van der Waals surface area (Å²) in [6.45, 7) is 6.59. The molecule has 1 unspecified atom stereocenters. The molecule has 0 aliphatic carbocycles. The summed E-state index contributed by atoms with van der Waals surface area (Å²) >= 11 is 0. The van der Waals surface area contributed by atoms with Crippen molar-refractivity contribution in [3.63, 3.8) is 0 Å². The van der Waals surface area contributed by atoms with E-state index in [1.54, 1.807) is 12.4 Å². The van der Waals surface area contributed by atoms with Crippen molar-refractivity contribution in [2.75, 3.05) is 19.8 Å². The molecule has 2 aromatic heterocycles. The Morgan fingerprint density at radius 2 is 2.21 bits per heavy atom. The second-order valence-corrected chi connectivity index (χ2v) is 7.26. The van der Waals surface area contributed by atoms with Crippen molar-refractivity contribution in [1.82, 2.24) is 19.7 Å². The fourth-order valence-corrected chi connectivity index (χ4v) is 4.07. The van der Waals surface area contributed by atoms with Crippen LogP contribution in [0.25, 0.3) is 0 Å². The van der Waals surface area contributed by atoms with E-state index in [0.717, 1.165) is 43.7 Å². The van der Waals surface area contributed by atoms with Gasteiger partial charge in [0.05, 0.1) is 17.8 Å². The summed E-state index contributed by atoms with van der Waals surface area (Å²) in [6.07, 6.45) is 9.60. The first kappa shape index (κ1) is 15.4. The number of hydrogen-bond donors (Lipinski definition) is 1. The Kier molecular flexibility index (Phi) is 3.72. The van der Waals surface area contributed by atoms with E-state index in [2.05, 4.69) is 30.1 Å². The van der Waals surface area contributed by atoms with Crippen LogP contribution in [0.4, 0.5) is 0 Å². The van der Waals surface area contributed by atoms with Gasteiger partial charge < -0.3 is 14.6 Å². The van der Waals surface area contributed by atoms with E-state index in [9.17, 15) is 4.79 Å². The third-order valence-electron chi connectivity index (χ3n) is 5.44. The molecule has 24 heavy (non-hydrogen) atoms. The van der Waals surface area contributed by atoms with Crippen LogP contribution < -0.4 is 0 Å². The number of aromatic amines is 1. The highest BCUT2D eigenvalue weighted by Crippen LogP contribution is 2.55. The van der Waals surface area contributed by atoms with E-state index in [1.165, 1.54) is 0 Å². The zero-order valence-corrected chi connectivity index (χ0v) is 14.2. The van der Waals surface area contributed by atoms with Crippen LogP contribution >= 0.6 is 0 Å². The molecule has 2 aliphatic heterocycles. The van der Waals surface area contributed by atoms with Gasteiger partial charge in [0.1, 0.15) is 0 Å². The number of likely N-dealkylation sites (tertiary alicyclic amines) is 1. The molecule has 6 nitrogen and oxygen atoms in total. The second kappa shape index (κ2) is 5.77. The molecule has 2 aromatic rings. The number of rotatable bonds is 3. The molecule has 2 saturated heterocycles. The zero-order chi connectivity index (χ0) is 16.7. The molecule has 1 spiro atoms. The quantitative estimate of drug-likeness (QED) is 0.942. The molecule has 4 rings (SSSR count). The summed E-state index contributed by atoms with van der Waals surface area (Å²) in [7, 11) is 0. The van der Waals surface area contributed by atoms with Gasteiger partial charge in [-0.1, -0.05) is 0 Å². The maximum Gasteiger partial charge on any atom is 0.255 e. The molecular weight excluding hydrogens is 304 g/mol. The highest BCUT2D eigenvalue weighted by atomic mass is 16.5. The summed E-state index contributed by atoms with van der Waals surface area (Å²) in [5.74, 6) is 0.0932. The molecule has 4 heterocycles. The van der Waals surface area contributed by atoms with Crippen LogP contribution in [-0.2, 0) is 4.74 Å². The molecule has 2 fully saturated rings. The Morgan fingerprint density at radius 1 is 1.42 bits per heavy atom. The number of aromatic nitrogens is 3. The molecule has 2 aliphatic rings. The van der Waals surface area contributed by atoms with Gasteiger partial charge in [-0.2, -0.15) is 5.10 Å². The van der Waals surface area contributed by atoms with Gasteiger partial charge in [0.15, 0.2) is 0 Å². The lowest BCUT2D eigenvalue weighted by molar-refractivity contribution is -0.115. The molecule has 0 radical (unpaired) electrons. The minimum absolute atomic E-state index is 0.0932. The molecule has 6 heteroatoms. The Hall–Kier alpha value is -2.08. The van der Waals surface area contributed by atoms with Crippen molar-refractivity contribution in [1.29, 1.82) is 0 Å². The van der Waals surface area contributed by atoms with Gasteiger partial charge in [0, 0.05) is 55.4 Å². The molecule has 0 saturated carbocycles. The lowest BCUT2D eigenvalue weighted by Gasteiger charge is -2.58. The lowest BCUT2D eigenvalue weighted by atomic mass is 9.64. The Balaban J connectivity index is 1.66. The topological polar surface area (TPSA) is 63.2 Å². The third kappa shape index (κ3) is 2.36. The average molecular weight is 328 g/mol. The highest BCUT2D eigenvalue weighted by molar-refractivity contribution is 5.95. The minimum Gasteiger partial charge on any atom is -0.381 e. The zero-order valence-electron chi connectivity index (χ0n) is 14.2. The van der Waals surface area contributed by atoms with Crippen molar-refractivity contribution in [2.45, 2.75) is 38.8 Å². The number of nitrogens with zero attached hydrogens (tertiary/aromatic N) is 3. The van der Waals surface area contributed by atoms with E-state index in [4.69, 9.17) is 4.74 Å². The number of amides is 1.